The molecule has 0 aliphatic heterocycles. The number of aromatic nitrogens is 2. The maximum absolute atomic E-state index is 12.5. The van der Waals surface area contributed by atoms with Crippen molar-refractivity contribution in [2.24, 2.45) is 0 Å². The van der Waals surface area contributed by atoms with E-state index in [4.69, 9.17) is 5.73 Å². The molecule has 7 heteroatoms. The van der Waals surface area contributed by atoms with Crippen LogP contribution >= 0.6 is 0 Å². The summed E-state index contributed by atoms with van der Waals surface area (Å²) in [7, 11) is 0. The molecule has 0 radical (unpaired) electrons. The molecule has 1 aromatic carbocycles. The van der Waals surface area contributed by atoms with Gasteiger partial charge in [-0.3, -0.25) is 0 Å². The molecular formula is C12H13F3N4. The van der Waals surface area contributed by atoms with Crippen LogP contribution in [0, 0.1) is 0 Å². The topological polar surface area (TPSA) is 55.0 Å². The van der Waals surface area contributed by atoms with E-state index in [2.05, 4.69) is 9.97 Å². The Kier molecular flexibility index (Phi) is 3.46. The van der Waals surface area contributed by atoms with Crippen molar-refractivity contribution in [2.75, 3.05) is 23.7 Å². The number of hydrogen-bond donors (Lipinski definition) is 1. The van der Waals surface area contributed by atoms with Crippen molar-refractivity contribution in [2.45, 2.75) is 13.1 Å². The average Bonchev–Trinajstić information content (AvgIpc) is 2.34. The van der Waals surface area contributed by atoms with Crippen molar-refractivity contribution in [3.63, 3.8) is 0 Å². The molecule has 0 amide bonds. The molecule has 0 unspecified atom stereocenters. The number of nitrogen functional groups attached to an aromatic ring is 1. The number of halogens is 3. The van der Waals surface area contributed by atoms with Crippen LogP contribution in [0.4, 0.5) is 24.8 Å². The van der Waals surface area contributed by atoms with Gasteiger partial charge in [0.1, 0.15) is 6.54 Å². The molecule has 0 atom stereocenters. The number of benzene rings is 1. The van der Waals surface area contributed by atoms with Crippen molar-refractivity contribution in [1.29, 1.82) is 0 Å². The van der Waals surface area contributed by atoms with Crippen molar-refractivity contribution >= 4 is 22.7 Å². The summed E-state index contributed by atoms with van der Waals surface area (Å²) >= 11 is 0. The highest BCUT2D eigenvalue weighted by Gasteiger charge is 2.31. The third kappa shape index (κ3) is 3.04. The van der Waals surface area contributed by atoms with Gasteiger partial charge in [0.05, 0.1) is 11.0 Å². The largest absolute Gasteiger partial charge is 0.405 e. The molecule has 0 aliphatic carbocycles. The SMILES string of the molecule is CCN(CC(F)(F)F)c1nc2ccccc2nc1N. The number of hydrogen-bond acceptors (Lipinski definition) is 4. The van der Waals surface area contributed by atoms with Gasteiger partial charge in [0.15, 0.2) is 11.6 Å². The van der Waals surface area contributed by atoms with Gasteiger partial charge < -0.3 is 10.6 Å². The molecule has 0 saturated heterocycles. The Hall–Kier alpha value is -2.05. The lowest BCUT2D eigenvalue weighted by Gasteiger charge is -2.24. The Morgan fingerprint density at radius 1 is 1.16 bits per heavy atom. The van der Waals surface area contributed by atoms with Crippen LogP contribution in [0.5, 0.6) is 0 Å². The standard InChI is InChI=1S/C12H13F3N4/c1-2-19(7-12(13,14)15)11-10(16)17-8-5-3-4-6-9(8)18-11/h3-6H,2,7H2,1H3,(H2,16,17). The zero-order valence-electron chi connectivity index (χ0n) is 10.3. The maximum atomic E-state index is 12.5. The number of para-hydroxylation sites is 2. The van der Waals surface area contributed by atoms with Crippen molar-refractivity contribution in [1.82, 2.24) is 9.97 Å². The van der Waals surface area contributed by atoms with Crippen molar-refractivity contribution in [3.05, 3.63) is 24.3 Å². The van der Waals surface area contributed by atoms with Crippen molar-refractivity contribution in [3.8, 4) is 0 Å². The number of nitrogens with zero attached hydrogens (tertiary/aromatic N) is 3. The monoisotopic (exact) mass is 270 g/mol. The summed E-state index contributed by atoms with van der Waals surface area (Å²) in [6.45, 7) is 0.666. The van der Waals surface area contributed by atoms with Crippen LogP contribution in [0.15, 0.2) is 24.3 Å². The van der Waals surface area contributed by atoms with E-state index in [1.165, 1.54) is 0 Å². The van der Waals surface area contributed by atoms with E-state index in [0.29, 0.717) is 11.0 Å². The van der Waals surface area contributed by atoms with Crippen LogP contribution in [0.3, 0.4) is 0 Å². The van der Waals surface area contributed by atoms with E-state index >= 15 is 0 Å². The number of alkyl halides is 3. The van der Waals surface area contributed by atoms with E-state index in [1.54, 1.807) is 31.2 Å². The first-order valence-electron chi connectivity index (χ1n) is 5.74. The minimum absolute atomic E-state index is 0.00444. The second kappa shape index (κ2) is 4.91. The number of fused-ring (bicyclic) bond motifs is 1. The quantitative estimate of drug-likeness (QED) is 0.931. The predicted molar refractivity (Wildman–Crippen MR) is 67.9 cm³/mol. The van der Waals surface area contributed by atoms with Gasteiger partial charge in [0.2, 0.25) is 0 Å². The van der Waals surface area contributed by atoms with Crippen LogP contribution in [-0.4, -0.2) is 29.2 Å². The second-order valence-corrected chi connectivity index (χ2v) is 4.05. The first kappa shape index (κ1) is 13.4. The smallest absolute Gasteiger partial charge is 0.381 e. The minimum atomic E-state index is -4.31. The third-order valence-electron chi connectivity index (χ3n) is 2.63. The van der Waals surface area contributed by atoms with E-state index in [-0.39, 0.29) is 18.2 Å². The normalized spacial score (nSPS) is 11.8. The molecule has 4 nitrogen and oxygen atoms in total. The summed E-state index contributed by atoms with van der Waals surface area (Å²) in [6.07, 6.45) is -4.31. The maximum Gasteiger partial charge on any atom is 0.405 e. The van der Waals surface area contributed by atoms with E-state index in [9.17, 15) is 13.2 Å². The molecule has 2 aromatic rings. The van der Waals surface area contributed by atoms with Crippen LogP contribution in [0.25, 0.3) is 11.0 Å². The lowest BCUT2D eigenvalue weighted by atomic mass is 10.3. The number of rotatable bonds is 3. The zero-order valence-corrected chi connectivity index (χ0v) is 10.3. The molecular weight excluding hydrogens is 257 g/mol. The molecule has 0 bridgehead atoms. The highest BCUT2D eigenvalue weighted by molar-refractivity contribution is 5.79. The van der Waals surface area contributed by atoms with E-state index < -0.39 is 12.7 Å². The van der Waals surface area contributed by atoms with Gasteiger partial charge in [-0.2, -0.15) is 13.2 Å². The molecule has 0 aliphatic rings. The molecule has 0 fully saturated rings. The first-order chi connectivity index (χ1) is 8.90. The Morgan fingerprint density at radius 3 is 2.26 bits per heavy atom. The predicted octanol–water partition coefficient (Wildman–Crippen LogP) is 2.60. The first-order valence-corrected chi connectivity index (χ1v) is 5.74. The van der Waals surface area contributed by atoms with Crippen LogP contribution in [-0.2, 0) is 0 Å². The molecule has 1 aromatic heterocycles. The summed E-state index contributed by atoms with van der Waals surface area (Å²) in [5.41, 5.74) is 6.78. The molecule has 1 heterocycles. The fourth-order valence-electron chi connectivity index (χ4n) is 1.79. The fourth-order valence-corrected chi connectivity index (χ4v) is 1.79. The summed E-state index contributed by atoms with van der Waals surface area (Å²) in [5, 5.41) is 0. The van der Waals surface area contributed by atoms with Gasteiger partial charge in [-0.25, -0.2) is 9.97 Å². The summed E-state index contributed by atoms with van der Waals surface area (Å²) in [5.74, 6) is 0.0725. The number of anilines is 2. The molecule has 2 rings (SSSR count). The lowest BCUT2D eigenvalue weighted by Crippen LogP contribution is -2.35. The van der Waals surface area contributed by atoms with E-state index in [1.807, 2.05) is 0 Å². The van der Waals surface area contributed by atoms with Crippen LogP contribution in [0.1, 0.15) is 6.92 Å². The molecule has 2 N–H and O–H groups in total. The summed E-state index contributed by atoms with van der Waals surface area (Å²) in [6, 6.07) is 6.91. The zero-order chi connectivity index (χ0) is 14.0. The highest BCUT2D eigenvalue weighted by Crippen LogP contribution is 2.25. The van der Waals surface area contributed by atoms with Crippen LogP contribution in [0.2, 0.25) is 0 Å². The van der Waals surface area contributed by atoms with Crippen LogP contribution < -0.4 is 10.6 Å². The van der Waals surface area contributed by atoms with Crippen molar-refractivity contribution < 1.29 is 13.2 Å². The Labute approximate surface area is 108 Å². The van der Waals surface area contributed by atoms with Gasteiger partial charge >= 0.3 is 6.18 Å². The molecule has 0 saturated carbocycles. The van der Waals surface area contributed by atoms with Gasteiger partial charge in [-0.1, -0.05) is 12.1 Å². The molecule has 102 valence electrons. The third-order valence-corrected chi connectivity index (χ3v) is 2.63. The Bertz CT molecular complexity index is 583. The highest BCUT2D eigenvalue weighted by atomic mass is 19.4. The minimum Gasteiger partial charge on any atom is -0.381 e. The van der Waals surface area contributed by atoms with E-state index in [0.717, 1.165) is 4.90 Å². The second-order valence-electron chi connectivity index (χ2n) is 4.05. The van der Waals surface area contributed by atoms with Gasteiger partial charge in [0, 0.05) is 6.54 Å². The Balaban J connectivity index is 2.45. The summed E-state index contributed by atoms with van der Waals surface area (Å²) < 4.78 is 37.5. The Morgan fingerprint density at radius 2 is 1.74 bits per heavy atom. The molecule has 0 spiro atoms. The lowest BCUT2D eigenvalue weighted by molar-refractivity contribution is -0.119. The van der Waals surface area contributed by atoms with Gasteiger partial charge in [-0.05, 0) is 19.1 Å². The summed E-state index contributed by atoms with van der Waals surface area (Å²) in [4.78, 5) is 9.31. The average molecular weight is 270 g/mol. The number of nitrogens with two attached hydrogens (primary N) is 1. The van der Waals surface area contributed by atoms with Gasteiger partial charge in [0.25, 0.3) is 0 Å². The van der Waals surface area contributed by atoms with Gasteiger partial charge in [-0.15, -0.1) is 0 Å². The fraction of sp³-hybridized carbons (Fsp3) is 0.333. The molecule has 19 heavy (non-hydrogen) atoms.